The summed E-state index contributed by atoms with van der Waals surface area (Å²) in [6.07, 6.45) is 1.64. The zero-order valence-electron chi connectivity index (χ0n) is 8.36. The molecule has 0 aliphatic carbocycles. The molecule has 0 fully saturated rings. The molecule has 2 heterocycles. The summed E-state index contributed by atoms with van der Waals surface area (Å²) in [4.78, 5) is 8.16. The number of nitrogen functional groups attached to an aromatic ring is 1. The van der Waals surface area contributed by atoms with Gasteiger partial charge in [0, 0.05) is 18.3 Å². The molecule has 0 amide bonds. The smallest absolute Gasteiger partial charge is 0.242 e. The molecule has 0 aliphatic rings. The standard InChI is InChI=1S/C9H12N6/c1-2-11-9-13-8(14-15-9)6-3-4-12-7(10)5-6/h3-5H,2H2,1H3,(H2,10,12)(H2,11,13,14,15). The molecule has 0 unspecified atom stereocenters. The number of hydrogen-bond acceptors (Lipinski definition) is 5. The van der Waals surface area contributed by atoms with E-state index in [1.807, 2.05) is 13.0 Å². The average molecular weight is 204 g/mol. The topological polar surface area (TPSA) is 92.5 Å². The van der Waals surface area contributed by atoms with Crippen LogP contribution in [0.2, 0.25) is 0 Å². The number of aromatic nitrogens is 4. The van der Waals surface area contributed by atoms with Crippen molar-refractivity contribution in [2.24, 2.45) is 0 Å². The summed E-state index contributed by atoms with van der Waals surface area (Å²) in [7, 11) is 0. The van der Waals surface area contributed by atoms with Crippen molar-refractivity contribution in [3.63, 3.8) is 0 Å². The second kappa shape index (κ2) is 3.95. The lowest BCUT2D eigenvalue weighted by atomic mass is 10.2. The van der Waals surface area contributed by atoms with Gasteiger partial charge < -0.3 is 11.1 Å². The van der Waals surface area contributed by atoms with Crippen molar-refractivity contribution in [3.05, 3.63) is 18.3 Å². The lowest BCUT2D eigenvalue weighted by molar-refractivity contribution is 1.06. The molecule has 0 spiro atoms. The van der Waals surface area contributed by atoms with Gasteiger partial charge in [-0.3, -0.25) is 5.10 Å². The Morgan fingerprint density at radius 3 is 3.13 bits per heavy atom. The Bertz CT molecular complexity index is 449. The van der Waals surface area contributed by atoms with Crippen molar-refractivity contribution in [2.45, 2.75) is 6.92 Å². The molecule has 4 N–H and O–H groups in total. The number of nitrogens with two attached hydrogens (primary N) is 1. The first-order chi connectivity index (χ1) is 7.29. The van der Waals surface area contributed by atoms with E-state index >= 15 is 0 Å². The molecule has 78 valence electrons. The van der Waals surface area contributed by atoms with E-state index < -0.39 is 0 Å². The highest BCUT2D eigenvalue weighted by Crippen LogP contribution is 2.16. The Morgan fingerprint density at radius 1 is 1.53 bits per heavy atom. The maximum atomic E-state index is 5.57. The second-order valence-corrected chi connectivity index (χ2v) is 3.01. The normalized spacial score (nSPS) is 10.2. The summed E-state index contributed by atoms with van der Waals surface area (Å²) in [6.45, 7) is 2.77. The van der Waals surface area contributed by atoms with Gasteiger partial charge in [0.25, 0.3) is 0 Å². The molecule has 2 aromatic heterocycles. The molecule has 2 aromatic rings. The molecule has 0 atom stereocenters. The molecule has 2 rings (SSSR count). The maximum absolute atomic E-state index is 5.57. The number of H-pyrrole nitrogens is 1. The molecule has 0 aromatic carbocycles. The van der Waals surface area contributed by atoms with Crippen molar-refractivity contribution in [3.8, 4) is 11.4 Å². The van der Waals surface area contributed by atoms with Gasteiger partial charge in [-0.1, -0.05) is 0 Å². The third kappa shape index (κ3) is 2.04. The van der Waals surface area contributed by atoms with Crippen LogP contribution >= 0.6 is 0 Å². The van der Waals surface area contributed by atoms with Crippen molar-refractivity contribution in [1.82, 2.24) is 20.2 Å². The zero-order chi connectivity index (χ0) is 10.7. The Kier molecular flexibility index (Phi) is 2.49. The fraction of sp³-hybridized carbons (Fsp3) is 0.222. The first kappa shape index (κ1) is 9.45. The molecular formula is C9H12N6. The van der Waals surface area contributed by atoms with Crippen molar-refractivity contribution >= 4 is 11.8 Å². The quantitative estimate of drug-likeness (QED) is 0.690. The van der Waals surface area contributed by atoms with Crippen LogP contribution in [0.15, 0.2) is 18.3 Å². The van der Waals surface area contributed by atoms with Crippen LogP contribution in [0.1, 0.15) is 6.92 Å². The Hall–Kier alpha value is -2.11. The first-order valence-electron chi connectivity index (χ1n) is 4.67. The monoisotopic (exact) mass is 204 g/mol. The predicted octanol–water partition coefficient (Wildman–Crippen LogP) is 0.881. The number of anilines is 2. The second-order valence-electron chi connectivity index (χ2n) is 3.01. The number of pyridine rings is 1. The van der Waals surface area contributed by atoms with E-state index in [1.165, 1.54) is 0 Å². The van der Waals surface area contributed by atoms with E-state index in [-0.39, 0.29) is 0 Å². The van der Waals surface area contributed by atoms with Gasteiger partial charge in [-0.2, -0.15) is 4.98 Å². The van der Waals surface area contributed by atoms with Crippen LogP contribution in [0.25, 0.3) is 11.4 Å². The number of rotatable bonds is 3. The summed E-state index contributed by atoms with van der Waals surface area (Å²) >= 11 is 0. The van der Waals surface area contributed by atoms with Gasteiger partial charge in [0.15, 0.2) is 5.82 Å². The number of nitrogens with zero attached hydrogens (tertiary/aromatic N) is 3. The Balaban J connectivity index is 2.29. The highest BCUT2D eigenvalue weighted by atomic mass is 15.3. The third-order valence-electron chi connectivity index (χ3n) is 1.87. The van der Waals surface area contributed by atoms with E-state index in [1.54, 1.807) is 12.3 Å². The summed E-state index contributed by atoms with van der Waals surface area (Å²) in [6, 6.07) is 3.57. The molecule has 0 saturated carbocycles. The first-order valence-corrected chi connectivity index (χ1v) is 4.67. The molecule has 6 heteroatoms. The number of hydrogen-bond donors (Lipinski definition) is 3. The van der Waals surface area contributed by atoms with Gasteiger partial charge in [-0.25, -0.2) is 4.98 Å². The van der Waals surface area contributed by atoms with Crippen LogP contribution in [0, 0.1) is 0 Å². The van der Waals surface area contributed by atoms with Gasteiger partial charge in [-0.15, -0.1) is 5.10 Å². The van der Waals surface area contributed by atoms with E-state index in [4.69, 9.17) is 5.73 Å². The van der Waals surface area contributed by atoms with Crippen LogP contribution in [-0.2, 0) is 0 Å². The highest BCUT2D eigenvalue weighted by molar-refractivity contribution is 5.59. The third-order valence-corrected chi connectivity index (χ3v) is 1.87. The summed E-state index contributed by atoms with van der Waals surface area (Å²) in [5.41, 5.74) is 6.45. The number of aromatic amines is 1. The maximum Gasteiger partial charge on any atom is 0.242 e. The minimum Gasteiger partial charge on any atom is -0.384 e. The van der Waals surface area contributed by atoms with Crippen molar-refractivity contribution in [2.75, 3.05) is 17.6 Å². The van der Waals surface area contributed by atoms with E-state index in [2.05, 4.69) is 25.5 Å². The van der Waals surface area contributed by atoms with E-state index in [0.717, 1.165) is 12.1 Å². The lowest BCUT2D eigenvalue weighted by Crippen LogP contribution is -1.97. The summed E-state index contributed by atoms with van der Waals surface area (Å²) in [5, 5.41) is 9.84. The van der Waals surface area contributed by atoms with Crippen LogP contribution in [0.5, 0.6) is 0 Å². The molecular weight excluding hydrogens is 192 g/mol. The van der Waals surface area contributed by atoms with E-state index in [0.29, 0.717) is 17.6 Å². The molecule has 0 bridgehead atoms. The Morgan fingerprint density at radius 2 is 2.40 bits per heavy atom. The lowest BCUT2D eigenvalue weighted by Gasteiger charge is -1.96. The molecule has 0 radical (unpaired) electrons. The predicted molar refractivity (Wildman–Crippen MR) is 58.2 cm³/mol. The minimum absolute atomic E-state index is 0.467. The van der Waals surface area contributed by atoms with E-state index in [9.17, 15) is 0 Å². The van der Waals surface area contributed by atoms with Gasteiger partial charge in [0.05, 0.1) is 0 Å². The van der Waals surface area contributed by atoms with Gasteiger partial charge in [0.1, 0.15) is 5.82 Å². The zero-order valence-corrected chi connectivity index (χ0v) is 8.36. The van der Waals surface area contributed by atoms with Crippen LogP contribution in [-0.4, -0.2) is 26.7 Å². The highest BCUT2D eigenvalue weighted by Gasteiger charge is 2.04. The summed E-state index contributed by atoms with van der Waals surface area (Å²) < 4.78 is 0. The van der Waals surface area contributed by atoms with Crippen molar-refractivity contribution in [1.29, 1.82) is 0 Å². The van der Waals surface area contributed by atoms with Crippen molar-refractivity contribution < 1.29 is 0 Å². The average Bonchev–Trinajstić information content (AvgIpc) is 2.67. The minimum atomic E-state index is 0.467. The largest absolute Gasteiger partial charge is 0.384 e. The fourth-order valence-electron chi connectivity index (χ4n) is 1.22. The van der Waals surface area contributed by atoms with Gasteiger partial charge in [-0.05, 0) is 19.1 Å². The van der Waals surface area contributed by atoms with Crippen LogP contribution in [0.4, 0.5) is 11.8 Å². The van der Waals surface area contributed by atoms with Crippen LogP contribution < -0.4 is 11.1 Å². The fourth-order valence-corrected chi connectivity index (χ4v) is 1.22. The number of nitrogens with one attached hydrogen (secondary N) is 2. The Labute approximate surface area is 86.9 Å². The SMILES string of the molecule is CCNc1n[nH]c(-c2ccnc(N)c2)n1. The molecule has 0 aliphatic heterocycles. The molecule has 15 heavy (non-hydrogen) atoms. The van der Waals surface area contributed by atoms with Gasteiger partial charge in [0.2, 0.25) is 5.95 Å². The van der Waals surface area contributed by atoms with Crippen LogP contribution in [0.3, 0.4) is 0 Å². The molecule has 6 nitrogen and oxygen atoms in total. The molecule has 0 saturated heterocycles. The van der Waals surface area contributed by atoms with Gasteiger partial charge >= 0.3 is 0 Å². The summed E-state index contributed by atoms with van der Waals surface area (Å²) in [5.74, 6) is 1.73.